The molecular weight excluding hydrogens is 242 g/mol. The van der Waals surface area contributed by atoms with E-state index in [4.69, 9.17) is 0 Å². The SMILES string of the molecule is CCC(CC)NC(=O)C1Cn2cccc2C(=O)N1C. The number of nitrogens with zero attached hydrogens (tertiary/aromatic N) is 2. The van der Waals surface area contributed by atoms with E-state index in [0.717, 1.165) is 12.8 Å². The Hall–Kier alpha value is -1.78. The molecule has 0 fully saturated rings. The maximum atomic E-state index is 12.3. The van der Waals surface area contributed by atoms with Crippen LogP contribution in [-0.2, 0) is 11.3 Å². The van der Waals surface area contributed by atoms with Crippen LogP contribution in [-0.4, -0.2) is 40.4 Å². The number of aromatic nitrogens is 1. The lowest BCUT2D eigenvalue weighted by molar-refractivity contribution is -0.126. The fourth-order valence-corrected chi connectivity index (χ4v) is 2.45. The zero-order valence-electron chi connectivity index (χ0n) is 11.7. The summed E-state index contributed by atoms with van der Waals surface area (Å²) in [5.41, 5.74) is 0.647. The number of fused-ring (bicyclic) bond motifs is 1. The van der Waals surface area contributed by atoms with Crippen LogP contribution in [0.4, 0.5) is 0 Å². The summed E-state index contributed by atoms with van der Waals surface area (Å²) in [6, 6.07) is 3.38. The predicted molar refractivity (Wildman–Crippen MR) is 72.8 cm³/mol. The molecule has 1 aromatic rings. The maximum Gasteiger partial charge on any atom is 0.270 e. The van der Waals surface area contributed by atoms with Gasteiger partial charge in [0.1, 0.15) is 11.7 Å². The second-order valence-corrected chi connectivity index (χ2v) is 5.00. The van der Waals surface area contributed by atoms with Gasteiger partial charge in [0.25, 0.3) is 5.91 Å². The Morgan fingerprint density at radius 1 is 1.47 bits per heavy atom. The number of likely N-dealkylation sites (N-methyl/N-ethyl adjacent to an activating group) is 1. The van der Waals surface area contributed by atoms with E-state index < -0.39 is 6.04 Å². The third-order valence-corrected chi connectivity index (χ3v) is 3.84. The first kappa shape index (κ1) is 13.6. The highest BCUT2D eigenvalue weighted by Gasteiger charge is 2.34. The lowest BCUT2D eigenvalue weighted by atomic mass is 10.1. The predicted octanol–water partition coefficient (Wildman–Crippen LogP) is 1.25. The number of rotatable bonds is 4. The second-order valence-electron chi connectivity index (χ2n) is 5.00. The highest BCUT2D eigenvalue weighted by Crippen LogP contribution is 2.17. The van der Waals surface area contributed by atoms with Crippen molar-refractivity contribution in [3.05, 3.63) is 24.0 Å². The molecule has 0 saturated carbocycles. The Morgan fingerprint density at radius 2 is 2.16 bits per heavy atom. The standard InChI is InChI=1S/C14H21N3O2/c1-4-10(5-2)15-13(18)12-9-17-8-6-7-11(17)14(19)16(12)3/h6-8,10,12H,4-5,9H2,1-3H3,(H,15,18). The molecule has 1 unspecified atom stereocenters. The van der Waals surface area contributed by atoms with Crippen molar-refractivity contribution >= 4 is 11.8 Å². The van der Waals surface area contributed by atoms with E-state index in [9.17, 15) is 9.59 Å². The van der Waals surface area contributed by atoms with Gasteiger partial charge in [-0.25, -0.2) is 0 Å². The molecule has 2 amide bonds. The van der Waals surface area contributed by atoms with Gasteiger partial charge in [0.15, 0.2) is 0 Å². The minimum absolute atomic E-state index is 0.0658. The van der Waals surface area contributed by atoms with Gasteiger partial charge in [-0.2, -0.15) is 0 Å². The fourth-order valence-electron chi connectivity index (χ4n) is 2.45. The quantitative estimate of drug-likeness (QED) is 0.888. The highest BCUT2D eigenvalue weighted by molar-refractivity contribution is 5.97. The van der Waals surface area contributed by atoms with Crippen LogP contribution in [0.25, 0.3) is 0 Å². The van der Waals surface area contributed by atoms with Crippen LogP contribution in [0.3, 0.4) is 0 Å². The van der Waals surface area contributed by atoms with Crippen LogP contribution in [0, 0.1) is 0 Å². The summed E-state index contributed by atoms with van der Waals surface area (Å²) in [4.78, 5) is 26.0. The van der Waals surface area contributed by atoms with Crippen molar-refractivity contribution in [2.24, 2.45) is 0 Å². The number of carbonyl (C=O) groups excluding carboxylic acids is 2. The molecule has 0 aromatic carbocycles. The van der Waals surface area contributed by atoms with Gasteiger partial charge in [0.2, 0.25) is 5.91 Å². The molecule has 19 heavy (non-hydrogen) atoms. The molecule has 1 aliphatic rings. The van der Waals surface area contributed by atoms with E-state index >= 15 is 0 Å². The lowest BCUT2D eigenvalue weighted by Gasteiger charge is -2.33. The van der Waals surface area contributed by atoms with Gasteiger partial charge < -0.3 is 14.8 Å². The van der Waals surface area contributed by atoms with Crippen molar-refractivity contribution in [1.29, 1.82) is 0 Å². The number of carbonyl (C=O) groups is 2. The van der Waals surface area contributed by atoms with Crippen molar-refractivity contribution in [1.82, 2.24) is 14.8 Å². The Bertz CT molecular complexity index is 477. The first-order chi connectivity index (χ1) is 9.08. The molecule has 1 aliphatic heterocycles. The zero-order valence-corrected chi connectivity index (χ0v) is 11.7. The molecule has 5 nitrogen and oxygen atoms in total. The summed E-state index contributed by atoms with van der Waals surface area (Å²) in [7, 11) is 1.69. The largest absolute Gasteiger partial charge is 0.352 e. The summed E-state index contributed by atoms with van der Waals surface area (Å²) >= 11 is 0. The molecule has 0 bridgehead atoms. The van der Waals surface area contributed by atoms with Crippen molar-refractivity contribution in [2.45, 2.75) is 45.3 Å². The summed E-state index contributed by atoms with van der Waals surface area (Å²) in [5.74, 6) is -0.162. The molecule has 1 atom stereocenters. The fraction of sp³-hybridized carbons (Fsp3) is 0.571. The molecule has 0 radical (unpaired) electrons. The molecule has 1 aromatic heterocycles. The van der Waals surface area contributed by atoms with E-state index in [0.29, 0.717) is 12.2 Å². The third-order valence-electron chi connectivity index (χ3n) is 3.84. The van der Waals surface area contributed by atoms with Crippen LogP contribution >= 0.6 is 0 Å². The summed E-state index contributed by atoms with van der Waals surface area (Å²) in [6.07, 6.45) is 3.65. The van der Waals surface area contributed by atoms with Gasteiger partial charge in [-0.1, -0.05) is 13.8 Å². The van der Waals surface area contributed by atoms with E-state index in [2.05, 4.69) is 5.32 Å². The average Bonchev–Trinajstić information content (AvgIpc) is 2.88. The Labute approximate surface area is 113 Å². The van der Waals surface area contributed by atoms with Gasteiger partial charge in [0.05, 0.1) is 6.54 Å². The maximum absolute atomic E-state index is 12.3. The summed E-state index contributed by atoms with van der Waals surface area (Å²) in [6.45, 7) is 4.62. The summed E-state index contributed by atoms with van der Waals surface area (Å²) in [5, 5.41) is 3.01. The van der Waals surface area contributed by atoms with Crippen LogP contribution < -0.4 is 5.32 Å². The number of amides is 2. The lowest BCUT2D eigenvalue weighted by Crippen LogP contribution is -2.54. The minimum atomic E-state index is -0.423. The normalized spacial score (nSPS) is 18.6. The molecule has 2 rings (SSSR count). The Balaban J connectivity index is 2.13. The Kier molecular flexibility index (Phi) is 3.93. The molecule has 0 spiro atoms. The first-order valence-electron chi connectivity index (χ1n) is 6.81. The van der Waals surface area contributed by atoms with Crippen molar-refractivity contribution in [3.63, 3.8) is 0 Å². The molecule has 0 saturated heterocycles. The average molecular weight is 263 g/mol. The van der Waals surface area contributed by atoms with Gasteiger partial charge in [0, 0.05) is 19.3 Å². The molecule has 0 aliphatic carbocycles. The van der Waals surface area contributed by atoms with Gasteiger partial charge in [-0.15, -0.1) is 0 Å². The van der Waals surface area contributed by atoms with Crippen LogP contribution in [0.2, 0.25) is 0 Å². The first-order valence-corrected chi connectivity index (χ1v) is 6.81. The monoisotopic (exact) mass is 263 g/mol. The third kappa shape index (κ3) is 2.50. The van der Waals surface area contributed by atoms with Crippen LogP contribution in [0.15, 0.2) is 18.3 Å². The second kappa shape index (κ2) is 5.47. The number of hydrogen-bond donors (Lipinski definition) is 1. The smallest absolute Gasteiger partial charge is 0.270 e. The van der Waals surface area contributed by atoms with Crippen molar-refractivity contribution < 1.29 is 9.59 Å². The highest BCUT2D eigenvalue weighted by atomic mass is 16.2. The minimum Gasteiger partial charge on any atom is -0.352 e. The topological polar surface area (TPSA) is 54.3 Å². The van der Waals surface area contributed by atoms with Crippen molar-refractivity contribution in [3.8, 4) is 0 Å². The molecule has 104 valence electrons. The van der Waals surface area contributed by atoms with Gasteiger partial charge in [-0.05, 0) is 25.0 Å². The Morgan fingerprint density at radius 3 is 2.79 bits per heavy atom. The van der Waals surface area contributed by atoms with E-state index in [1.54, 1.807) is 13.1 Å². The van der Waals surface area contributed by atoms with Crippen LogP contribution in [0.1, 0.15) is 37.2 Å². The molecule has 2 heterocycles. The van der Waals surface area contributed by atoms with Crippen LogP contribution in [0.5, 0.6) is 0 Å². The number of nitrogens with one attached hydrogen (secondary N) is 1. The molecule has 5 heteroatoms. The van der Waals surface area contributed by atoms with E-state index in [1.807, 2.05) is 30.7 Å². The molecular formula is C14H21N3O2. The zero-order chi connectivity index (χ0) is 14.0. The number of hydrogen-bond acceptors (Lipinski definition) is 2. The summed E-state index contributed by atoms with van der Waals surface area (Å²) < 4.78 is 1.85. The molecule has 1 N–H and O–H groups in total. The van der Waals surface area contributed by atoms with Gasteiger partial charge >= 0.3 is 0 Å². The van der Waals surface area contributed by atoms with Crippen molar-refractivity contribution in [2.75, 3.05) is 7.05 Å². The van der Waals surface area contributed by atoms with E-state index in [1.165, 1.54) is 4.90 Å². The van der Waals surface area contributed by atoms with Gasteiger partial charge in [-0.3, -0.25) is 9.59 Å². The van der Waals surface area contributed by atoms with E-state index in [-0.39, 0.29) is 17.9 Å².